The van der Waals surface area contributed by atoms with Gasteiger partial charge in [0, 0.05) is 6.04 Å². The van der Waals surface area contributed by atoms with Crippen molar-refractivity contribution < 1.29 is 4.79 Å². The van der Waals surface area contributed by atoms with E-state index in [0.29, 0.717) is 16.6 Å². The Morgan fingerprint density at radius 1 is 1.35 bits per heavy atom. The SMILES string of the molecule is NC(=O)c1sc(NC(C2CC2)C2CC2)cc1N. The Bertz CT molecular complexity index is 437. The van der Waals surface area contributed by atoms with Gasteiger partial charge in [0.25, 0.3) is 5.91 Å². The molecule has 2 saturated carbocycles. The van der Waals surface area contributed by atoms with E-state index in [1.807, 2.05) is 6.07 Å². The van der Waals surface area contributed by atoms with Gasteiger partial charge in [-0.05, 0) is 43.6 Å². The van der Waals surface area contributed by atoms with E-state index in [-0.39, 0.29) is 0 Å². The van der Waals surface area contributed by atoms with Crippen LogP contribution in [-0.2, 0) is 0 Å². The minimum absolute atomic E-state index is 0.435. The number of primary amides is 1. The second kappa shape index (κ2) is 3.91. The van der Waals surface area contributed by atoms with Gasteiger partial charge in [0.15, 0.2) is 0 Å². The molecule has 3 rings (SSSR count). The predicted molar refractivity (Wildman–Crippen MR) is 70.1 cm³/mol. The van der Waals surface area contributed by atoms with E-state index in [4.69, 9.17) is 11.5 Å². The minimum atomic E-state index is -0.435. The number of carbonyl (C=O) groups excluding carboxylic acids is 1. The number of anilines is 2. The quantitative estimate of drug-likeness (QED) is 0.749. The third-order valence-electron chi connectivity index (χ3n) is 3.55. The zero-order chi connectivity index (χ0) is 12.0. The number of nitrogen functional groups attached to an aromatic ring is 1. The molecule has 0 aromatic carbocycles. The Morgan fingerprint density at radius 2 is 1.94 bits per heavy atom. The first-order valence-electron chi connectivity index (χ1n) is 6.11. The highest BCUT2D eigenvalue weighted by Crippen LogP contribution is 2.46. The van der Waals surface area contributed by atoms with Crippen LogP contribution in [0.15, 0.2) is 6.07 Å². The van der Waals surface area contributed by atoms with Crippen LogP contribution in [0.2, 0.25) is 0 Å². The summed E-state index contributed by atoms with van der Waals surface area (Å²) in [5.74, 6) is 1.21. The molecule has 5 heteroatoms. The summed E-state index contributed by atoms with van der Waals surface area (Å²) < 4.78 is 0. The smallest absolute Gasteiger partial charge is 0.260 e. The molecular weight excluding hydrogens is 234 g/mol. The Kier molecular flexibility index (Phi) is 2.50. The fourth-order valence-electron chi connectivity index (χ4n) is 2.36. The maximum absolute atomic E-state index is 11.1. The van der Waals surface area contributed by atoms with Gasteiger partial charge in [-0.1, -0.05) is 0 Å². The highest BCUT2D eigenvalue weighted by molar-refractivity contribution is 7.18. The first-order valence-corrected chi connectivity index (χ1v) is 6.92. The minimum Gasteiger partial charge on any atom is -0.397 e. The Hall–Kier alpha value is -1.23. The highest BCUT2D eigenvalue weighted by atomic mass is 32.1. The molecule has 2 aliphatic rings. The maximum atomic E-state index is 11.1. The second-order valence-electron chi connectivity index (χ2n) is 5.10. The summed E-state index contributed by atoms with van der Waals surface area (Å²) in [7, 11) is 0. The van der Waals surface area contributed by atoms with E-state index < -0.39 is 5.91 Å². The van der Waals surface area contributed by atoms with Gasteiger partial charge >= 0.3 is 0 Å². The predicted octanol–water partition coefficient (Wildman–Crippen LogP) is 2.03. The normalized spacial score (nSPS) is 19.6. The molecule has 1 aromatic heterocycles. The molecule has 0 radical (unpaired) electrons. The van der Waals surface area contributed by atoms with Crippen LogP contribution in [0.3, 0.4) is 0 Å². The maximum Gasteiger partial charge on any atom is 0.260 e. The van der Waals surface area contributed by atoms with Crippen molar-refractivity contribution in [1.82, 2.24) is 0 Å². The zero-order valence-corrected chi connectivity index (χ0v) is 10.4. The van der Waals surface area contributed by atoms with Gasteiger partial charge in [-0.2, -0.15) is 0 Å². The number of carbonyl (C=O) groups is 1. The largest absolute Gasteiger partial charge is 0.397 e. The molecule has 2 aliphatic carbocycles. The third-order valence-corrected chi connectivity index (χ3v) is 4.65. The summed E-state index contributed by atoms with van der Waals surface area (Å²) in [5, 5.41) is 4.54. The van der Waals surface area contributed by atoms with Gasteiger partial charge in [0.1, 0.15) is 4.88 Å². The number of rotatable bonds is 5. The summed E-state index contributed by atoms with van der Waals surface area (Å²) in [6, 6.07) is 2.41. The van der Waals surface area contributed by atoms with Crippen LogP contribution in [0.4, 0.5) is 10.7 Å². The van der Waals surface area contributed by atoms with Crippen molar-refractivity contribution in [1.29, 1.82) is 0 Å². The average molecular weight is 251 g/mol. The molecule has 4 nitrogen and oxygen atoms in total. The van der Waals surface area contributed by atoms with Crippen LogP contribution in [0.5, 0.6) is 0 Å². The van der Waals surface area contributed by atoms with Crippen molar-refractivity contribution >= 4 is 27.9 Å². The number of thiophene rings is 1. The van der Waals surface area contributed by atoms with Crippen LogP contribution in [0.25, 0.3) is 0 Å². The molecular formula is C12H17N3OS. The number of hydrogen-bond donors (Lipinski definition) is 3. The zero-order valence-electron chi connectivity index (χ0n) is 9.61. The standard InChI is InChI=1S/C12H17N3OS/c13-8-5-9(17-11(8)12(14)16)15-10(6-1-2-6)7-3-4-7/h5-7,10,15H,1-4,13H2,(H2,14,16). The summed E-state index contributed by atoms with van der Waals surface area (Å²) in [6.45, 7) is 0. The number of amides is 1. The summed E-state index contributed by atoms with van der Waals surface area (Å²) >= 11 is 1.38. The molecule has 0 atom stereocenters. The molecule has 1 heterocycles. The number of nitrogens with one attached hydrogen (secondary N) is 1. The fraction of sp³-hybridized carbons (Fsp3) is 0.583. The molecule has 0 aliphatic heterocycles. The third kappa shape index (κ3) is 2.24. The first-order chi connectivity index (χ1) is 8.15. The van der Waals surface area contributed by atoms with Crippen LogP contribution >= 0.6 is 11.3 Å². The Morgan fingerprint density at radius 3 is 2.35 bits per heavy atom. The first kappa shape index (κ1) is 10.9. The molecule has 2 fully saturated rings. The van der Waals surface area contributed by atoms with E-state index in [1.54, 1.807) is 0 Å². The van der Waals surface area contributed by atoms with Gasteiger partial charge in [0.2, 0.25) is 0 Å². The van der Waals surface area contributed by atoms with Crippen LogP contribution in [0.1, 0.15) is 35.4 Å². The summed E-state index contributed by atoms with van der Waals surface area (Å²) in [5.41, 5.74) is 11.5. The van der Waals surface area contributed by atoms with E-state index in [1.165, 1.54) is 37.0 Å². The van der Waals surface area contributed by atoms with E-state index in [9.17, 15) is 4.79 Å². The lowest BCUT2D eigenvalue weighted by Gasteiger charge is -2.17. The molecule has 0 saturated heterocycles. The number of hydrogen-bond acceptors (Lipinski definition) is 4. The lowest BCUT2D eigenvalue weighted by molar-refractivity contribution is 0.100. The fourth-order valence-corrected chi connectivity index (χ4v) is 3.24. The Balaban J connectivity index is 1.74. The monoisotopic (exact) mass is 251 g/mol. The van der Waals surface area contributed by atoms with Crippen molar-refractivity contribution in [3.05, 3.63) is 10.9 Å². The van der Waals surface area contributed by atoms with Crippen molar-refractivity contribution in [2.45, 2.75) is 31.7 Å². The van der Waals surface area contributed by atoms with E-state index >= 15 is 0 Å². The molecule has 1 amide bonds. The number of nitrogens with two attached hydrogens (primary N) is 2. The topological polar surface area (TPSA) is 81.1 Å². The average Bonchev–Trinajstić information content (AvgIpc) is 3.14. The summed E-state index contributed by atoms with van der Waals surface area (Å²) in [4.78, 5) is 11.6. The van der Waals surface area contributed by atoms with Gasteiger partial charge in [-0.3, -0.25) is 4.79 Å². The van der Waals surface area contributed by atoms with Gasteiger partial charge in [0.05, 0.1) is 10.7 Å². The van der Waals surface area contributed by atoms with Crippen LogP contribution in [-0.4, -0.2) is 11.9 Å². The molecule has 0 bridgehead atoms. The lowest BCUT2D eigenvalue weighted by Crippen LogP contribution is -2.23. The highest BCUT2D eigenvalue weighted by Gasteiger charge is 2.41. The lowest BCUT2D eigenvalue weighted by atomic mass is 10.1. The van der Waals surface area contributed by atoms with Gasteiger partial charge < -0.3 is 16.8 Å². The second-order valence-corrected chi connectivity index (χ2v) is 6.16. The van der Waals surface area contributed by atoms with E-state index in [2.05, 4.69) is 5.32 Å². The molecule has 0 spiro atoms. The van der Waals surface area contributed by atoms with Gasteiger partial charge in [-0.25, -0.2) is 0 Å². The summed E-state index contributed by atoms with van der Waals surface area (Å²) in [6.07, 6.45) is 5.32. The van der Waals surface area contributed by atoms with E-state index in [0.717, 1.165) is 16.8 Å². The van der Waals surface area contributed by atoms with Crippen molar-refractivity contribution in [3.63, 3.8) is 0 Å². The van der Waals surface area contributed by atoms with Gasteiger partial charge in [-0.15, -0.1) is 11.3 Å². The van der Waals surface area contributed by atoms with Crippen LogP contribution < -0.4 is 16.8 Å². The van der Waals surface area contributed by atoms with Crippen molar-refractivity contribution in [3.8, 4) is 0 Å². The molecule has 17 heavy (non-hydrogen) atoms. The van der Waals surface area contributed by atoms with Crippen LogP contribution in [0, 0.1) is 11.8 Å². The molecule has 5 N–H and O–H groups in total. The molecule has 1 aromatic rings. The van der Waals surface area contributed by atoms with Crippen molar-refractivity contribution in [2.24, 2.45) is 17.6 Å². The molecule has 92 valence electrons. The van der Waals surface area contributed by atoms with Crippen molar-refractivity contribution in [2.75, 3.05) is 11.1 Å². The molecule has 0 unspecified atom stereocenters. The Labute approximate surface area is 104 Å².